The Kier molecular flexibility index (Phi) is 6.83. The number of hydrogen-bond donors (Lipinski definition) is 3. The minimum Gasteiger partial charge on any atom is -0.356 e. The molecule has 1 heterocycles. The largest absolute Gasteiger partial charge is 0.356 e. The molecule has 1 unspecified atom stereocenters. The molecule has 1 aromatic rings. The number of thiophene rings is 1. The van der Waals surface area contributed by atoms with Crippen molar-refractivity contribution in [2.45, 2.75) is 32.2 Å². The van der Waals surface area contributed by atoms with E-state index in [9.17, 15) is 8.42 Å². The molecule has 0 bridgehead atoms. The first-order valence-electron chi connectivity index (χ1n) is 7.08. The highest BCUT2D eigenvalue weighted by Crippen LogP contribution is 2.16. The lowest BCUT2D eigenvalue weighted by atomic mass is 10.1. The van der Waals surface area contributed by atoms with E-state index in [1.807, 2.05) is 13.8 Å². The Bertz CT molecular complexity index is 580. The van der Waals surface area contributed by atoms with E-state index < -0.39 is 15.6 Å². The fourth-order valence-corrected chi connectivity index (χ4v) is 3.84. The quantitative estimate of drug-likeness (QED) is 0.514. The first kappa shape index (κ1) is 18.9. The number of sulfonamides is 1. The van der Waals surface area contributed by atoms with Gasteiger partial charge in [-0.3, -0.25) is 4.99 Å². The van der Waals surface area contributed by atoms with Crippen molar-refractivity contribution in [1.29, 1.82) is 0 Å². The molecule has 0 fully saturated rings. The van der Waals surface area contributed by atoms with Crippen molar-refractivity contribution in [2.75, 3.05) is 26.4 Å². The minimum atomic E-state index is -3.24. The maximum Gasteiger partial charge on any atom is 0.209 e. The average molecular weight is 347 g/mol. The fraction of sp³-hybridized carbons (Fsp3) is 0.643. The monoisotopic (exact) mass is 346 g/mol. The Morgan fingerprint density at radius 1 is 1.41 bits per heavy atom. The number of hydrogen-bond acceptors (Lipinski definition) is 4. The summed E-state index contributed by atoms with van der Waals surface area (Å²) in [6.45, 7) is 6.99. The molecule has 0 radical (unpaired) electrons. The van der Waals surface area contributed by atoms with E-state index in [1.165, 1.54) is 5.56 Å². The number of nitrogens with one attached hydrogen (secondary N) is 3. The van der Waals surface area contributed by atoms with Crippen molar-refractivity contribution in [3.8, 4) is 0 Å². The molecular formula is C14H26N4O2S2. The van der Waals surface area contributed by atoms with Gasteiger partial charge in [0.05, 0.1) is 6.26 Å². The van der Waals surface area contributed by atoms with Crippen LogP contribution in [0.25, 0.3) is 0 Å². The zero-order valence-electron chi connectivity index (χ0n) is 13.8. The van der Waals surface area contributed by atoms with Crippen LogP contribution >= 0.6 is 11.3 Å². The first-order chi connectivity index (χ1) is 10.1. The molecule has 1 aromatic heterocycles. The van der Waals surface area contributed by atoms with E-state index in [4.69, 9.17) is 0 Å². The van der Waals surface area contributed by atoms with E-state index in [-0.39, 0.29) is 0 Å². The number of nitrogens with zero attached hydrogens (tertiary/aromatic N) is 1. The van der Waals surface area contributed by atoms with Gasteiger partial charge >= 0.3 is 0 Å². The van der Waals surface area contributed by atoms with Crippen LogP contribution in [0.2, 0.25) is 0 Å². The number of aliphatic imine (C=N–C) groups is 1. The van der Waals surface area contributed by atoms with Gasteiger partial charge in [0.15, 0.2) is 5.96 Å². The Hall–Kier alpha value is -1.12. The van der Waals surface area contributed by atoms with Crippen LogP contribution in [-0.4, -0.2) is 46.3 Å². The molecule has 0 saturated heterocycles. The molecule has 22 heavy (non-hydrogen) atoms. The normalized spacial score (nSPS) is 14.7. The molecule has 0 aliphatic heterocycles. The summed E-state index contributed by atoms with van der Waals surface area (Å²) in [5.41, 5.74) is 0.705. The van der Waals surface area contributed by atoms with Gasteiger partial charge < -0.3 is 10.6 Å². The second kappa shape index (κ2) is 7.94. The SMILES string of the molecule is CN=C(NCC(C)c1ccsc1)NCC(C)(C)NS(C)(=O)=O. The van der Waals surface area contributed by atoms with Crippen LogP contribution in [-0.2, 0) is 10.0 Å². The Balaban J connectivity index is 2.46. The summed E-state index contributed by atoms with van der Waals surface area (Å²) in [7, 11) is -1.54. The molecule has 126 valence electrons. The Morgan fingerprint density at radius 3 is 2.59 bits per heavy atom. The standard InChI is InChI=1S/C14H26N4O2S2/c1-11(12-6-7-21-9-12)8-16-13(15-4)17-10-14(2,3)18-22(5,19)20/h6-7,9,11,18H,8,10H2,1-5H3,(H2,15,16,17). The summed E-state index contributed by atoms with van der Waals surface area (Å²) in [6.07, 6.45) is 1.16. The Morgan fingerprint density at radius 2 is 2.09 bits per heavy atom. The lowest BCUT2D eigenvalue weighted by Crippen LogP contribution is -2.53. The summed E-state index contributed by atoms with van der Waals surface area (Å²) in [4.78, 5) is 4.16. The molecular weight excluding hydrogens is 320 g/mol. The van der Waals surface area contributed by atoms with Crippen LogP contribution in [0.4, 0.5) is 0 Å². The van der Waals surface area contributed by atoms with Crippen molar-refractivity contribution >= 4 is 27.3 Å². The van der Waals surface area contributed by atoms with Crippen LogP contribution in [0, 0.1) is 0 Å². The Labute approximate surface area is 137 Å². The van der Waals surface area contributed by atoms with E-state index >= 15 is 0 Å². The minimum absolute atomic E-state index is 0.381. The van der Waals surface area contributed by atoms with Gasteiger partial charge in [0.1, 0.15) is 0 Å². The van der Waals surface area contributed by atoms with Crippen LogP contribution in [0.3, 0.4) is 0 Å². The van der Waals surface area contributed by atoms with Crippen molar-refractivity contribution in [3.63, 3.8) is 0 Å². The second-order valence-electron chi connectivity index (χ2n) is 6.02. The van der Waals surface area contributed by atoms with Gasteiger partial charge in [-0.2, -0.15) is 11.3 Å². The molecule has 0 amide bonds. The molecule has 8 heteroatoms. The molecule has 0 spiro atoms. The second-order valence-corrected chi connectivity index (χ2v) is 8.55. The predicted molar refractivity (Wildman–Crippen MR) is 94.2 cm³/mol. The molecule has 3 N–H and O–H groups in total. The topological polar surface area (TPSA) is 82.6 Å². The van der Waals surface area contributed by atoms with Gasteiger partial charge in [0.2, 0.25) is 10.0 Å². The molecule has 1 rings (SSSR count). The molecule has 0 aliphatic carbocycles. The summed E-state index contributed by atoms with van der Waals surface area (Å²) in [5, 5.41) is 10.6. The van der Waals surface area contributed by atoms with E-state index in [1.54, 1.807) is 18.4 Å². The third kappa shape index (κ3) is 7.24. The van der Waals surface area contributed by atoms with Crippen molar-refractivity contribution < 1.29 is 8.42 Å². The van der Waals surface area contributed by atoms with Gasteiger partial charge in [-0.25, -0.2) is 13.1 Å². The predicted octanol–water partition coefficient (Wildman–Crippen LogP) is 1.34. The van der Waals surface area contributed by atoms with Crippen molar-refractivity contribution in [3.05, 3.63) is 22.4 Å². The third-order valence-corrected chi connectivity index (χ3v) is 4.70. The van der Waals surface area contributed by atoms with Crippen LogP contribution in [0.1, 0.15) is 32.3 Å². The zero-order valence-corrected chi connectivity index (χ0v) is 15.4. The van der Waals surface area contributed by atoms with Gasteiger partial charge in [0, 0.05) is 25.7 Å². The summed E-state index contributed by atoms with van der Waals surface area (Å²) in [6, 6.07) is 2.12. The summed E-state index contributed by atoms with van der Waals surface area (Å²) in [5.74, 6) is 1.04. The number of rotatable bonds is 7. The number of guanidine groups is 1. The molecule has 6 nitrogen and oxygen atoms in total. The van der Waals surface area contributed by atoms with Crippen molar-refractivity contribution in [1.82, 2.24) is 15.4 Å². The van der Waals surface area contributed by atoms with Gasteiger partial charge in [-0.1, -0.05) is 6.92 Å². The smallest absolute Gasteiger partial charge is 0.209 e. The third-order valence-electron chi connectivity index (χ3n) is 3.07. The van der Waals surface area contributed by atoms with Gasteiger partial charge in [-0.05, 0) is 42.2 Å². The van der Waals surface area contributed by atoms with Gasteiger partial charge in [0.25, 0.3) is 0 Å². The molecule has 0 aliphatic rings. The highest BCUT2D eigenvalue weighted by molar-refractivity contribution is 7.88. The first-order valence-corrected chi connectivity index (χ1v) is 9.92. The molecule has 0 aromatic carbocycles. The lowest BCUT2D eigenvalue weighted by Gasteiger charge is -2.26. The summed E-state index contributed by atoms with van der Waals surface area (Å²) < 4.78 is 25.2. The van der Waals surface area contributed by atoms with Crippen LogP contribution in [0.5, 0.6) is 0 Å². The maximum atomic E-state index is 11.3. The van der Waals surface area contributed by atoms with E-state index in [2.05, 4.69) is 44.1 Å². The molecule has 1 atom stereocenters. The zero-order chi connectivity index (χ0) is 16.8. The van der Waals surface area contributed by atoms with E-state index in [0.717, 1.165) is 12.8 Å². The molecule has 0 saturated carbocycles. The summed E-state index contributed by atoms with van der Waals surface area (Å²) >= 11 is 1.69. The highest BCUT2D eigenvalue weighted by Gasteiger charge is 2.22. The van der Waals surface area contributed by atoms with Crippen LogP contribution < -0.4 is 15.4 Å². The van der Waals surface area contributed by atoms with Gasteiger partial charge in [-0.15, -0.1) is 0 Å². The van der Waals surface area contributed by atoms with E-state index in [0.29, 0.717) is 18.4 Å². The van der Waals surface area contributed by atoms with Crippen molar-refractivity contribution in [2.24, 2.45) is 4.99 Å². The maximum absolute atomic E-state index is 11.3. The average Bonchev–Trinajstić information content (AvgIpc) is 2.89. The highest BCUT2D eigenvalue weighted by atomic mass is 32.2. The fourth-order valence-electron chi connectivity index (χ4n) is 1.99. The van der Waals surface area contributed by atoms with Crippen LogP contribution in [0.15, 0.2) is 21.8 Å². The lowest BCUT2D eigenvalue weighted by molar-refractivity contribution is 0.446.